The third-order valence-corrected chi connectivity index (χ3v) is 3.49. The lowest BCUT2D eigenvalue weighted by Gasteiger charge is -2.33. The van der Waals surface area contributed by atoms with Crippen LogP contribution in [0, 0.1) is 0 Å². The molecular formula is C13H17N3OS. The van der Waals surface area contributed by atoms with E-state index in [2.05, 4.69) is 4.90 Å². The average Bonchev–Trinajstić information content (AvgIpc) is 2.40. The van der Waals surface area contributed by atoms with Gasteiger partial charge in [-0.25, -0.2) is 9.69 Å². The van der Waals surface area contributed by atoms with Gasteiger partial charge >= 0.3 is 6.03 Å². The molecule has 0 saturated carbocycles. The smallest absolute Gasteiger partial charge is 0.325 e. The number of rotatable bonds is 1. The predicted molar refractivity (Wildman–Crippen MR) is 76.5 cm³/mol. The highest BCUT2D eigenvalue weighted by Gasteiger charge is 2.23. The fraction of sp³-hybridized carbons (Fsp3) is 0.385. The van der Waals surface area contributed by atoms with Gasteiger partial charge in [0.25, 0.3) is 0 Å². The minimum absolute atomic E-state index is 0.508. The lowest BCUT2D eigenvalue weighted by atomic mass is 10.1. The Bertz CT molecular complexity index is 429. The first kappa shape index (κ1) is 12.8. The first-order chi connectivity index (χ1) is 8.70. The number of benzene rings is 1. The summed E-state index contributed by atoms with van der Waals surface area (Å²) in [5, 5.41) is 0.508. The van der Waals surface area contributed by atoms with Crippen LogP contribution in [0.5, 0.6) is 0 Å². The van der Waals surface area contributed by atoms with E-state index in [1.807, 2.05) is 30.3 Å². The van der Waals surface area contributed by atoms with Crippen molar-refractivity contribution in [2.24, 2.45) is 5.73 Å². The van der Waals surface area contributed by atoms with Crippen molar-refractivity contribution in [3.63, 3.8) is 0 Å². The second kappa shape index (κ2) is 5.82. The number of carbonyl (C=O) groups is 1. The van der Waals surface area contributed by atoms with Gasteiger partial charge in [-0.05, 0) is 43.6 Å². The van der Waals surface area contributed by atoms with Crippen LogP contribution in [0.4, 0.5) is 10.5 Å². The standard InChI is InChI=1S/C13H17N3OS/c14-12(17)16(11-7-3-1-4-8-11)13(18)15-9-5-2-6-10-15/h1,3-4,7-8H,2,5-6,9-10H2,(H2,14,17). The summed E-state index contributed by atoms with van der Waals surface area (Å²) in [5.74, 6) is 0. The Balaban J connectivity index is 2.20. The number of para-hydroxylation sites is 1. The maximum Gasteiger partial charge on any atom is 0.325 e. The fourth-order valence-corrected chi connectivity index (χ4v) is 2.51. The number of hydrogen-bond donors (Lipinski definition) is 1. The number of thiocarbonyl (C=S) groups is 1. The number of nitrogens with two attached hydrogens (primary N) is 1. The number of amides is 2. The third kappa shape index (κ3) is 2.79. The van der Waals surface area contributed by atoms with Crippen LogP contribution in [-0.2, 0) is 0 Å². The maximum atomic E-state index is 11.6. The van der Waals surface area contributed by atoms with E-state index < -0.39 is 6.03 Å². The lowest BCUT2D eigenvalue weighted by molar-refractivity contribution is 0.255. The van der Waals surface area contributed by atoms with E-state index in [4.69, 9.17) is 18.0 Å². The van der Waals surface area contributed by atoms with E-state index in [9.17, 15) is 4.79 Å². The molecule has 0 bridgehead atoms. The topological polar surface area (TPSA) is 49.6 Å². The van der Waals surface area contributed by atoms with Gasteiger partial charge in [-0.2, -0.15) is 0 Å². The number of urea groups is 1. The number of primary amides is 1. The van der Waals surface area contributed by atoms with Crippen molar-refractivity contribution >= 4 is 29.0 Å². The molecule has 1 saturated heterocycles. The lowest BCUT2D eigenvalue weighted by Crippen LogP contribution is -2.50. The molecule has 1 fully saturated rings. The second-order valence-electron chi connectivity index (χ2n) is 4.34. The molecule has 5 heteroatoms. The Hall–Kier alpha value is -1.62. The van der Waals surface area contributed by atoms with E-state index in [1.165, 1.54) is 11.3 Å². The van der Waals surface area contributed by atoms with Crippen LogP contribution in [0.3, 0.4) is 0 Å². The molecule has 4 nitrogen and oxygen atoms in total. The number of hydrogen-bond acceptors (Lipinski definition) is 2. The number of likely N-dealkylation sites (tertiary alicyclic amines) is 1. The minimum Gasteiger partial charge on any atom is -0.351 e. The van der Waals surface area contributed by atoms with Crippen molar-refractivity contribution in [2.75, 3.05) is 18.0 Å². The van der Waals surface area contributed by atoms with E-state index >= 15 is 0 Å². The van der Waals surface area contributed by atoms with Crippen molar-refractivity contribution in [2.45, 2.75) is 19.3 Å². The summed E-state index contributed by atoms with van der Waals surface area (Å²) in [6, 6.07) is 8.76. The van der Waals surface area contributed by atoms with Gasteiger partial charge in [-0.3, -0.25) is 0 Å². The van der Waals surface area contributed by atoms with Crippen LogP contribution in [0.1, 0.15) is 19.3 Å². The van der Waals surface area contributed by atoms with Crippen molar-refractivity contribution in [3.8, 4) is 0 Å². The molecule has 1 aromatic carbocycles. The fourth-order valence-electron chi connectivity index (χ4n) is 2.14. The molecule has 2 rings (SSSR count). The summed E-state index contributed by atoms with van der Waals surface area (Å²) in [7, 11) is 0. The summed E-state index contributed by atoms with van der Waals surface area (Å²) < 4.78 is 0. The summed E-state index contributed by atoms with van der Waals surface area (Å²) in [6.45, 7) is 1.80. The third-order valence-electron chi connectivity index (χ3n) is 3.05. The Labute approximate surface area is 112 Å². The van der Waals surface area contributed by atoms with Crippen LogP contribution in [0.25, 0.3) is 0 Å². The van der Waals surface area contributed by atoms with Crippen molar-refractivity contribution in [1.82, 2.24) is 4.90 Å². The van der Waals surface area contributed by atoms with Crippen LogP contribution < -0.4 is 10.6 Å². The number of piperidine rings is 1. The summed E-state index contributed by atoms with van der Waals surface area (Å²) >= 11 is 5.40. The van der Waals surface area contributed by atoms with Crippen LogP contribution in [-0.4, -0.2) is 29.1 Å². The van der Waals surface area contributed by atoms with Crippen LogP contribution in [0.2, 0.25) is 0 Å². The molecule has 2 N–H and O–H groups in total. The van der Waals surface area contributed by atoms with E-state index in [0.29, 0.717) is 5.11 Å². The van der Waals surface area contributed by atoms with Crippen LogP contribution >= 0.6 is 12.2 Å². The van der Waals surface area contributed by atoms with Gasteiger partial charge in [-0.15, -0.1) is 0 Å². The predicted octanol–water partition coefficient (Wildman–Crippen LogP) is 2.34. The molecule has 0 aliphatic carbocycles. The highest BCUT2D eigenvalue weighted by Crippen LogP contribution is 2.18. The zero-order chi connectivity index (χ0) is 13.0. The zero-order valence-electron chi connectivity index (χ0n) is 10.2. The Morgan fingerprint density at radius 1 is 1.17 bits per heavy atom. The van der Waals surface area contributed by atoms with Gasteiger partial charge in [0.15, 0.2) is 5.11 Å². The molecule has 0 aromatic heterocycles. The monoisotopic (exact) mass is 263 g/mol. The summed E-state index contributed by atoms with van der Waals surface area (Å²) in [6.07, 6.45) is 3.45. The molecule has 1 heterocycles. The maximum absolute atomic E-state index is 11.6. The SMILES string of the molecule is NC(=O)N(C(=S)N1CCCCC1)c1ccccc1. The van der Waals surface area contributed by atoms with Crippen molar-refractivity contribution < 1.29 is 4.79 Å². The molecule has 0 atom stereocenters. The van der Waals surface area contributed by atoms with Gasteiger partial charge in [0.1, 0.15) is 0 Å². The van der Waals surface area contributed by atoms with Gasteiger partial charge in [0.05, 0.1) is 5.69 Å². The Kier molecular flexibility index (Phi) is 4.15. The number of anilines is 1. The van der Waals surface area contributed by atoms with Gasteiger partial charge < -0.3 is 10.6 Å². The molecule has 1 aromatic rings. The Morgan fingerprint density at radius 3 is 2.33 bits per heavy atom. The number of carbonyl (C=O) groups excluding carboxylic acids is 1. The Morgan fingerprint density at radius 2 is 1.78 bits per heavy atom. The molecule has 0 radical (unpaired) electrons. The molecule has 96 valence electrons. The average molecular weight is 263 g/mol. The first-order valence-electron chi connectivity index (χ1n) is 6.13. The van der Waals surface area contributed by atoms with E-state index in [-0.39, 0.29) is 0 Å². The highest BCUT2D eigenvalue weighted by atomic mass is 32.1. The van der Waals surface area contributed by atoms with E-state index in [0.717, 1.165) is 31.6 Å². The quantitative estimate of drug-likeness (QED) is 0.791. The molecule has 1 aliphatic heterocycles. The van der Waals surface area contributed by atoms with Gasteiger partial charge in [0, 0.05) is 13.1 Å². The summed E-state index contributed by atoms with van der Waals surface area (Å²) in [5.41, 5.74) is 6.17. The largest absolute Gasteiger partial charge is 0.351 e. The molecule has 2 amide bonds. The summed E-state index contributed by atoms with van der Waals surface area (Å²) in [4.78, 5) is 15.1. The molecular weight excluding hydrogens is 246 g/mol. The highest BCUT2D eigenvalue weighted by molar-refractivity contribution is 7.80. The number of nitrogens with zero attached hydrogens (tertiary/aromatic N) is 2. The van der Waals surface area contributed by atoms with Gasteiger partial charge in [0.2, 0.25) is 0 Å². The van der Waals surface area contributed by atoms with Crippen molar-refractivity contribution in [1.29, 1.82) is 0 Å². The second-order valence-corrected chi connectivity index (χ2v) is 4.70. The molecule has 0 spiro atoms. The van der Waals surface area contributed by atoms with Gasteiger partial charge in [-0.1, -0.05) is 18.2 Å². The molecule has 0 unspecified atom stereocenters. The van der Waals surface area contributed by atoms with Crippen LogP contribution in [0.15, 0.2) is 30.3 Å². The minimum atomic E-state index is -0.531. The van der Waals surface area contributed by atoms with E-state index in [1.54, 1.807) is 0 Å². The molecule has 1 aliphatic rings. The van der Waals surface area contributed by atoms with Crippen molar-refractivity contribution in [3.05, 3.63) is 30.3 Å². The zero-order valence-corrected chi connectivity index (χ0v) is 11.0. The normalized spacial score (nSPS) is 15.2. The first-order valence-corrected chi connectivity index (χ1v) is 6.54. The molecule has 18 heavy (non-hydrogen) atoms.